The van der Waals surface area contributed by atoms with Crippen molar-refractivity contribution in [2.45, 2.75) is 45.2 Å². The summed E-state index contributed by atoms with van der Waals surface area (Å²) in [7, 11) is 1.39. The van der Waals surface area contributed by atoms with Crippen molar-refractivity contribution >= 4 is 22.9 Å². The van der Waals surface area contributed by atoms with E-state index in [1.165, 1.54) is 29.3 Å². The number of unbranched alkanes of at least 4 members (excludes halogenated alkanes) is 1. The molecule has 2 aromatic heterocycles. The van der Waals surface area contributed by atoms with Gasteiger partial charge in [0.25, 0.3) is 0 Å². The molecule has 6 heteroatoms. The molecular formula is C24H27N3O3. The van der Waals surface area contributed by atoms with Crippen LogP contribution in [0.15, 0.2) is 48.7 Å². The van der Waals surface area contributed by atoms with Crippen LogP contribution in [-0.4, -0.2) is 40.0 Å². The van der Waals surface area contributed by atoms with E-state index in [2.05, 4.69) is 32.5 Å². The van der Waals surface area contributed by atoms with Crippen molar-refractivity contribution in [3.63, 3.8) is 0 Å². The van der Waals surface area contributed by atoms with Gasteiger partial charge in [0.15, 0.2) is 0 Å². The van der Waals surface area contributed by atoms with Gasteiger partial charge >= 0.3 is 5.97 Å². The molecule has 0 aliphatic carbocycles. The summed E-state index contributed by atoms with van der Waals surface area (Å²) in [6.07, 6.45) is 4.88. The van der Waals surface area contributed by atoms with Crippen molar-refractivity contribution in [1.82, 2.24) is 14.5 Å². The van der Waals surface area contributed by atoms with E-state index in [0.717, 1.165) is 25.2 Å². The third kappa shape index (κ3) is 4.22. The second-order valence-electron chi connectivity index (χ2n) is 7.72. The van der Waals surface area contributed by atoms with Gasteiger partial charge in [-0.15, -0.1) is 0 Å². The van der Waals surface area contributed by atoms with Crippen LogP contribution in [0.5, 0.6) is 0 Å². The van der Waals surface area contributed by atoms with Crippen molar-refractivity contribution in [1.29, 1.82) is 0 Å². The lowest BCUT2D eigenvalue weighted by molar-refractivity contribution is -0.141. The van der Waals surface area contributed by atoms with E-state index < -0.39 is 0 Å². The summed E-state index contributed by atoms with van der Waals surface area (Å²) in [6, 6.07) is 14.5. The van der Waals surface area contributed by atoms with Gasteiger partial charge in [-0.05, 0) is 42.5 Å². The number of amides is 1. The van der Waals surface area contributed by atoms with E-state index in [0.29, 0.717) is 32.2 Å². The molecule has 1 aliphatic rings. The van der Waals surface area contributed by atoms with Crippen molar-refractivity contribution in [3.05, 3.63) is 65.5 Å². The van der Waals surface area contributed by atoms with Gasteiger partial charge in [-0.1, -0.05) is 30.3 Å². The minimum Gasteiger partial charge on any atom is -0.469 e. The van der Waals surface area contributed by atoms with Crippen molar-refractivity contribution in [3.8, 4) is 0 Å². The molecule has 156 valence electrons. The molecule has 0 radical (unpaired) electrons. The summed E-state index contributed by atoms with van der Waals surface area (Å²) in [5.74, 6) is -0.0713. The van der Waals surface area contributed by atoms with Crippen LogP contribution in [-0.2, 0) is 33.8 Å². The maximum absolute atomic E-state index is 12.8. The van der Waals surface area contributed by atoms with E-state index in [4.69, 9.17) is 0 Å². The molecule has 6 nitrogen and oxygen atoms in total. The summed E-state index contributed by atoms with van der Waals surface area (Å²) in [6.45, 7) is 2.07. The fourth-order valence-corrected chi connectivity index (χ4v) is 4.22. The molecule has 3 aromatic rings. The molecule has 0 spiro atoms. The van der Waals surface area contributed by atoms with Crippen LogP contribution in [0.4, 0.5) is 0 Å². The Morgan fingerprint density at radius 3 is 2.67 bits per heavy atom. The van der Waals surface area contributed by atoms with Gasteiger partial charge in [-0.2, -0.15) is 0 Å². The normalized spacial score (nSPS) is 13.3. The third-order valence-corrected chi connectivity index (χ3v) is 5.80. The van der Waals surface area contributed by atoms with E-state index in [-0.39, 0.29) is 11.9 Å². The quantitative estimate of drug-likeness (QED) is 0.444. The first-order chi connectivity index (χ1) is 14.7. The van der Waals surface area contributed by atoms with Gasteiger partial charge in [-0.3, -0.25) is 9.59 Å². The number of ether oxygens (including phenoxy) is 1. The predicted molar refractivity (Wildman–Crippen MR) is 115 cm³/mol. The first-order valence-corrected chi connectivity index (χ1v) is 10.5. The van der Waals surface area contributed by atoms with Crippen molar-refractivity contribution in [2.24, 2.45) is 0 Å². The lowest BCUT2D eigenvalue weighted by Crippen LogP contribution is -2.36. The highest BCUT2D eigenvalue weighted by atomic mass is 16.5. The van der Waals surface area contributed by atoms with Crippen LogP contribution in [0.1, 0.15) is 42.5 Å². The van der Waals surface area contributed by atoms with E-state index in [9.17, 15) is 9.59 Å². The van der Waals surface area contributed by atoms with Crippen LogP contribution in [0.2, 0.25) is 0 Å². The molecule has 4 rings (SSSR count). The Hall–Kier alpha value is -3.15. The standard InChI is InChI=1S/C24H27N3O3/c1-30-23(29)12-6-5-11-22(28)26-15-13-19-20-10-7-14-25-24(20)27(21(19)17-26)16-18-8-3-2-4-9-18/h2-4,7-10,14H,5-6,11-13,15-17H2,1H3. The number of methoxy groups -OCH3 is 1. The van der Waals surface area contributed by atoms with Gasteiger partial charge in [-0.25, -0.2) is 4.98 Å². The molecule has 1 aromatic carbocycles. The molecule has 1 amide bonds. The zero-order chi connectivity index (χ0) is 20.9. The second kappa shape index (κ2) is 9.11. The number of pyridine rings is 1. The summed E-state index contributed by atoms with van der Waals surface area (Å²) in [4.78, 5) is 30.6. The lowest BCUT2D eigenvalue weighted by Gasteiger charge is -2.28. The Kier molecular flexibility index (Phi) is 6.12. The van der Waals surface area contributed by atoms with Crippen molar-refractivity contribution in [2.75, 3.05) is 13.7 Å². The number of carbonyl (C=O) groups excluding carboxylic acids is 2. The molecule has 0 fully saturated rings. The van der Waals surface area contributed by atoms with Crippen LogP contribution >= 0.6 is 0 Å². The smallest absolute Gasteiger partial charge is 0.305 e. The molecule has 30 heavy (non-hydrogen) atoms. The minimum absolute atomic E-state index is 0.148. The van der Waals surface area contributed by atoms with Gasteiger partial charge in [0, 0.05) is 43.2 Å². The third-order valence-electron chi connectivity index (χ3n) is 5.80. The predicted octanol–water partition coefficient (Wildman–Crippen LogP) is 3.70. The maximum Gasteiger partial charge on any atom is 0.305 e. The summed E-state index contributed by atoms with van der Waals surface area (Å²) in [5, 5.41) is 1.19. The highest BCUT2D eigenvalue weighted by Gasteiger charge is 2.26. The molecule has 0 saturated carbocycles. The van der Waals surface area contributed by atoms with E-state index in [1.54, 1.807) is 0 Å². The van der Waals surface area contributed by atoms with Gasteiger partial charge in [0.05, 0.1) is 13.7 Å². The number of nitrogens with zero attached hydrogens (tertiary/aromatic N) is 3. The maximum atomic E-state index is 12.8. The molecule has 3 heterocycles. The topological polar surface area (TPSA) is 64.4 Å². The zero-order valence-corrected chi connectivity index (χ0v) is 17.3. The fraction of sp³-hybridized carbons (Fsp3) is 0.375. The number of aromatic nitrogens is 2. The number of rotatable bonds is 7. The molecule has 0 N–H and O–H groups in total. The Balaban J connectivity index is 1.52. The van der Waals surface area contributed by atoms with Crippen LogP contribution < -0.4 is 0 Å². The summed E-state index contributed by atoms with van der Waals surface area (Å²) < 4.78 is 6.92. The number of esters is 1. The van der Waals surface area contributed by atoms with Crippen molar-refractivity contribution < 1.29 is 14.3 Å². The summed E-state index contributed by atoms with van der Waals surface area (Å²) >= 11 is 0. The minimum atomic E-state index is -0.219. The number of fused-ring (bicyclic) bond motifs is 3. The molecule has 0 bridgehead atoms. The van der Waals surface area contributed by atoms with Gasteiger partial charge in [0.1, 0.15) is 5.65 Å². The van der Waals surface area contributed by atoms with Crippen LogP contribution in [0.3, 0.4) is 0 Å². The second-order valence-corrected chi connectivity index (χ2v) is 7.72. The van der Waals surface area contributed by atoms with Crippen LogP contribution in [0.25, 0.3) is 11.0 Å². The highest BCUT2D eigenvalue weighted by Crippen LogP contribution is 2.30. The molecular weight excluding hydrogens is 378 g/mol. The largest absolute Gasteiger partial charge is 0.469 e. The molecule has 1 aliphatic heterocycles. The summed E-state index contributed by atoms with van der Waals surface area (Å²) in [5.41, 5.74) is 4.69. The number of benzene rings is 1. The SMILES string of the molecule is COC(=O)CCCCC(=O)N1CCc2c(n(Cc3ccccc3)c3ncccc23)C1. The van der Waals surface area contributed by atoms with E-state index >= 15 is 0 Å². The Bertz CT molecular complexity index is 1040. The number of hydrogen-bond acceptors (Lipinski definition) is 4. The first-order valence-electron chi connectivity index (χ1n) is 10.5. The van der Waals surface area contributed by atoms with Gasteiger partial charge in [0.2, 0.25) is 5.91 Å². The Morgan fingerprint density at radius 2 is 1.87 bits per heavy atom. The van der Waals surface area contributed by atoms with Gasteiger partial charge < -0.3 is 14.2 Å². The number of hydrogen-bond donors (Lipinski definition) is 0. The fourth-order valence-electron chi connectivity index (χ4n) is 4.22. The highest BCUT2D eigenvalue weighted by molar-refractivity contribution is 5.84. The molecule has 0 unspecified atom stereocenters. The molecule has 0 saturated heterocycles. The monoisotopic (exact) mass is 405 g/mol. The zero-order valence-electron chi connectivity index (χ0n) is 17.3. The molecule has 0 atom stereocenters. The van der Waals surface area contributed by atoms with Crippen LogP contribution in [0, 0.1) is 0 Å². The first kappa shape index (κ1) is 20.1. The van der Waals surface area contributed by atoms with E-state index in [1.807, 2.05) is 35.4 Å². The average molecular weight is 405 g/mol. The number of carbonyl (C=O) groups is 2. The Labute approximate surface area is 176 Å². The lowest BCUT2D eigenvalue weighted by atomic mass is 10.0. The Morgan fingerprint density at radius 1 is 1.07 bits per heavy atom. The average Bonchev–Trinajstić information content (AvgIpc) is 3.10.